The number of aromatic nitrogens is 2. The van der Waals surface area contributed by atoms with Gasteiger partial charge in [0.05, 0.1) is 11.9 Å². The zero-order valence-corrected chi connectivity index (χ0v) is 11.3. The van der Waals surface area contributed by atoms with E-state index in [2.05, 4.69) is 5.10 Å². The summed E-state index contributed by atoms with van der Waals surface area (Å²) in [5.74, 6) is 0. The highest BCUT2D eigenvalue weighted by molar-refractivity contribution is 5.78. The normalized spacial score (nSPS) is 11.3. The van der Waals surface area contributed by atoms with E-state index in [0.717, 1.165) is 5.56 Å². The second-order valence-electron chi connectivity index (χ2n) is 5.23. The number of nitrogens with zero attached hydrogens (tertiary/aromatic N) is 2. The zero-order chi connectivity index (χ0) is 14.0. The van der Waals surface area contributed by atoms with Crippen molar-refractivity contribution in [2.75, 3.05) is 5.73 Å². The minimum atomic E-state index is -0.560. The molecule has 5 nitrogen and oxygen atoms in total. The largest absolute Gasteiger partial charge is 0.442 e. The van der Waals surface area contributed by atoms with E-state index in [1.807, 2.05) is 32.9 Å². The quantitative estimate of drug-likeness (QED) is 0.799. The molecule has 0 fully saturated rings. The van der Waals surface area contributed by atoms with E-state index in [4.69, 9.17) is 10.5 Å². The van der Waals surface area contributed by atoms with Crippen molar-refractivity contribution >= 4 is 11.8 Å². The van der Waals surface area contributed by atoms with E-state index in [-0.39, 0.29) is 0 Å². The number of hydrogen-bond donors (Lipinski definition) is 1. The Bertz CT molecular complexity index is 597. The minimum Gasteiger partial charge on any atom is -0.442 e. The first-order chi connectivity index (χ1) is 8.87. The molecule has 1 aromatic heterocycles. The molecular formula is C14H17N3O2. The van der Waals surface area contributed by atoms with Crippen molar-refractivity contribution in [2.24, 2.45) is 0 Å². The molecule has 0 saturated carbocycles. The van der Waals surface area contributed by atoms with Crippen LogP contribution >= 0.6 is 0 Å². The molecule has 0 amide bonds. The Morgan fingerprint density at radius 2 is 2.05 bits per heavy atom. The average Bonchev–Trinajstić information content (AvgIpc) is 2.75. The molecule has 19 heavy (non-hydrogen) atoms. The van der Waals surface area contributed by atoms with Gasteiger partial charge < -0.3 is 10.5 Å². The summed E-state index contributed by atoms with van der Waals surface area (Å²) in [6.45, 7) is 5.44. The van der Waals surface area contributed by atoms with Gasteiger partial charge >= 0.3 is 6.09 Å². The van der Waals surface area contributed by atoms with Gasteiger partial charge in [-0.25, -0.2) is 4.79 Å². The van der Waals surface area contributed by atoms with E-state index < -0.39 is 11.7 Å². The smallest absolute Gasteiger partial charge is 0.435 e. The Kier molecular flexibility index (Phi) is 3.29. The van der Waals surface area contributed by atoms with Crippen molar-refractivity contribution in [3.8, 4) is 11.3 Å². The van der Waals surface area contributed by atoms with E-state index in [1.165, 1.54) is 4.68 Å². The first kappa shape index (κ1) is 13.1. The predicted octanol–water partition coefficient (Wildman–Crippen LogP) is 2.92. The standard InChI is InChI=1S/C14H17N3O2/c1-14(2,3)19-13(18)17-12(7-8-16-17)10-5-4-6-11(15)9-10/h4-9H,15H2,1-3H3. The van der Waals surface area contributed by atoms with Gasteiger partial charge in [-0.2, -0.15) is 9.78 Å². The number of carbonyl (C=O) groups is 1. The van der Waals surface area contributed by atoms with Crippen LogP contribution in [-0.2, 0) is 4.74 Å². The van der Waals surface area contributed by atoms with Crippen molar-refractivity contribution in [1.82, 2.24) is 9.78 Å². The number of nitrogen functional groups attached to an aromatic ring is 1. The fraction of sp³-hybridized carbons (Fsp3) is 0.286. The van der Waals surface area contributed by atoms with Gasteiger partial charge in [-0.3, -0.25) is 0 Å². The highest BCUT2D eigenvalue weighted by atomic mass is 16.6. The van der Waals surface area contributed by atoms with E-state index in [9.17, 15) is 4.79 Å². The van der Waals surface area contributed by atoms with Crippen LogP contribution < -0.4 is 5.73 Å². The summed E-state index contributed by atoms with van der Waals surface area (Å²) in [5.41, 5.74) is 7.30. The maximum absolute atomic E-state index is 12.0. The van der Waals surface area contributed by atoms with Gasteiger partial charge in [0.2, 0.25) is 0 Å². The lowest BCUT2D eigenvalue weighted by Gasteiger charge is -2.19. The molecule has 1 heterocycles. The van der Waals surface area contributed by atoms with Gasteiger partial charge in [0.15, 0.2) is 0 Å². The van der Waals surface area contributed by atoms with Crippen LogP contribution in [0, 0.1) is 0 Å². The molecule has 0 aliphatic heterocycles. The first-order valence-electron chi connectivity index (χ1n) is 6.00. The number of nitrogens with two attached hydrogens (primary N) is 1. The number of hydrogen-bond acceptors (Lipinski definition) is 4. The maximum atomic E-state index is 12.0. The summed E-state index contributed by atoms with van der Waals surface area (Å²) in [7, 11) is 0. The topological polar surface area (TPSA) is 70.1 Å². The highest BCUT2D eigenvalue weighted by Gasteiger charge is 2.20. The molecule has 0 unspecified atom stereocenters. The summed E-state index contributed by atoms with van der Waals surface area (Å²) in [6, 6.07) is 9.03. The zero-order valence-electron chi connectivity index (χ0n) is 11.3. The van der Waals surface area contributed by atoms with Crippen molar-refractivity contribution in [3.63, 3.8) is 0 Å². The molecular weight excluding hydrogens is 242 g/mol. The van der Waals surface area contributed by atoms with Crippen LogP contribution in [0.2, 0.25) is 0 Å². The summed E-state index contributed by atoms with van der Waals surface area (Å²) < 4.78 is 6.54. The lowest BCUT2D eigenvalue weighted by atomic mass is 10.1. The molecule has 0 atom stereocenters. The highest BCUT2D eigenvalue weighted by Crippen LogP contribution is 2.22. The number of ether oxygens (including phenoxy) is 1. The number of benzene rings is 1. The number of rotatable bonds is 1. The van der Waals surface area contributed by atoms with Gasteiger partial charge in [0, 0.05) is 11.3 Å². The second-order valence-corrected chi connectivity index (χ2v) is 5.23. The molecule has 0 saturated heterocycles. The van der Waals surface area contributed by atoms with Gasteiger partial charge in [-0.05, 0) is 39.0 Å². The van der Waals surface area contributed by atoms with Gasteiger partial charge in [0.25, 0.3) is 0 Å². The molecule has 5 heteroatoms. The Hall–Kier alpha value is -2.30. The van der Waals surface area contributed by atoms with Crippen LogP contribution in [-0.4, -0.2) is 21.5 Å². The number of carbonyl (C=O) groups excluding carboxylic acids is 1. The Labute approximate surface area is 112 Å². The molecule has 0 aliphatic rings. The van der Waals surface area contributed by atoms with Crippen LogP contribution in [0.5, 0.6) is 0 Å². The predicted molar refractivity (Wildman–Crippen MR) is 73.7 cm³/mol. The van der Waals surface area contributed by atoms with Crippen molar-refractivity contribution < 1.29 is 9.53 Å². The fourth-order valence-corrected chi connectivity index (χ4v) is 1.67. The second kappa shape index (κ2) is 4.76. The van der Waals surface area contributed by atoms with Crippen molar-refractivity contribution in [1.29, 1.82) is 0 Å². The van der Waals surface area contributed by atoms with E-state index >= 15 is 0 Å². The van der Waals surface area contributed by atoms with Gasteiger partial charge in [-0.1, -0.05) is 12.1 Å². The number of anilines is 1. The minimum absolute atomic E-state index is 0.505. The van der Waals surface area contributed by atoms with Crippen LogP contribution in [0.3, 0.4) is 0 Å². The van der Waals surface area contributed by atoms with Gasteiger partial charge in [-0.15, -0.1) is 0 Å². The summed E-state index contributed by atoms with van der Waals surface area (Å²) in [5, 5.41) is 4.01. The van der Waals surface area contributed by atoms with Crippen LogP contribution in [0.1, 0.15) is 20.8 Å². The van der Waals surface area contributed by atoms with Crippen LogP contribution in [0.25, 0.3) is 11.3 Å². The third-order valence-corrected chi connectivity index (χ3v) is 2.39. The molecule has 0 bridgehead atoms. The summed E-state index contributed by atoms with van der Waals surface area (Å²) in [6.07, 6.45) is 1.05. The Balaban J connectivity index is 2.35. The van der Waals surface area contributed by atoms with E-state index in [0.29, 0.717) is 11.4 Å². The fourth-order valence-electron chi connectivity index (χ4n) is 1.67. The molecule has 2 rings (SSSR count). The summed E-state index contributed by atoms with van der Waals surface area (Å²) >= 11 is 0. The molecule has 1 aromatic carbocycles. The van der Waals surface area contributed by atoms with Crippen LogP contribution in [0.15, 0.2) is 36.5 Å². The Morgan fingerprint density at radius 1 is 1.32 bits per heavy atom. The molecule has 0 spiro atoms. The van der Waals surface area contributed by atoms with Crippen molar-refractivity contribution in [2.45, 2.75) is 26.4 Å². The van der Waals surface area contributed by atoms with Crippen LogP contribution in [0.4, 0.5) is 10.5 Å². The monoisotopic (exact) mass is 259 g/mol. The molecule has 0 radical (unpaired) electrons. The third kappa shape index (κ3) is 3.13. The average molecular weight is 259 g/mol. The van der Waals surface area contributed by atoms with E-state index in [1.54, 1.807) is 24.4 Å². The van der Waals surface area contributed by atoms with Gasteiger partial charge in [0.1, 0.15) is 5.60 Å². The molecule has 2 N–H and O–H groups in total. The SMILES string of the molecule is CC(C)(C)OC(=O)n1nccc1-c1cccc(N)c1. The lowest BCUT2D eigenvalue weighted by Crippen LogP contribution is -2.28. The van der Waals surface area contributed by atoms with Crippen molar-refractivity contribution in [3.05, 3.63) is 36.5 Å². The Morgan fingerprint density at radius 3 is 2.68 bits per heavy atom. The molecule has 0 aliphatic carbocycles. The first-order valence-corrected chi connectivity index (χ1v) is 6.00. The third-order valence-electron chi connectivity index (χ3n) is 2.39. The summed E-state index contributed by atoms with van der Waals surface area (Å²) in [4.78, 5) is 12.0. The lowest BCUT2D eigenvalue weighted by molar-refractivity contribution is 0.0518. The molecule has 100 valence electrons. The maximum Gasteiger partial charge on any atom is 0.435 e. The molecule has 2 aromatic rings.